The van der Waals surface area contributed by atoms with Gasteiger partial charge in [-0.2, -0.15) is 0 Å². The molecule has 0 N–H and O–H groups in total. The van der Waals surface area contributed by atoms with Crippen LogP contribution in [0.4, 0.5) is 5.69 Å². The van der Waals surface area contributed by atoms with Crippen molar-refractivity contribution in [1.82, 2.24) is 0 Å². The Morgan fingerprint density at radius 1 is 1.40 bits per heavy atom. The normalized spacial score (nSPS) is 19.8. The van der Waals surface area contributed by atoms with Crippen molar-refractivity contribution in [3.63, 3.8) is 0 Å². The first kappa shape index (κ1) is 14.6. The van der Waals surface area contributed by atoms with E-state index in [-0.39, 0.29) is 11.7 Å². The van der Waals surface area contributed by atoms with Gasteiger partial charge in [0.15, 0.2) is 9.84 Å². The van der Waals surface area contributed by atoms with Crippen LogP contribution in [0.1, 0.15) is 13.3 Å². The van der Waals surface area contributed by atoms with Crippen molar-refractivity contribution < 1.29 is 17.9 Å². The number of sulfone groups is 1. The molecule has 5 nitrogen and oxygen atoms in total. The Hall–Kier alpha value is -1.82. The van der Waals surface area contributed by atoms with Crippen LogP contribution in [0.2, 0.25) is 0 Å². The van der Waals surface area contributed by atoms with Crippen LogP contribution in [0.25, 0.3) is 0 Å². The van der Waals surface area contributed by atoms with Gasteiger partial charge in [-0.3, -0.25) is 4.79 Å². The molecule has 0 spiro atoms. The molecule has 1 amide bonds. The van der Waals surface area contributed by atoms with E-state index in [0.29, 0.717) is 17.9 Å². The number of anilines is 1. The topological polar surface area (TPSA) is 63.7 Å². The molecule has 0 aromatic heterocycles. The highest BCUT2D eigenvalue weighted by Crippen LogP contribution is 2.31. The van der Waals surface area contributed by atoms with Gasteiger partial charge in [0, 0.05) is 11.8 Å². The first-order chi connectivity index (χ1) is 9.48. The molecule has 0 aliphatic carbocycles. The molecule has 20 heavy (non-hydrogen) atoms. The number of hydrogen-bond acceptors (Lipinski definition) is 4. The van der Waals surface area contributed by atoms with E-state index >= 15 is 0 Å². The van der Waals surface area contributed by atoms with Gasteiger partial charge in [-0.15, -0.1) is 0 Å². The summed E-state index contributed by atoms with van der Waals surface area (Å²) in [6.45, 7) is 1.75. The van der Waals surface area contributed by atoms with Gasteiger partial charge in [0.05, 0.1) is 24.6 Å². The third-order valence-electron chi connectivity index (χ3n) is 3.16. The molecule has 0 radical (unpaired) electrons. The number of methoxy groups -OCH3 is 1. The lowest BCUT2D eigenvalue weighted by Gasteiger charge is -2.28. The maximum Gasteiger partial charge on any atom is 0.227 e. The first-order valence-corrected chi connectivity index (χ1v) is 8.06. The number of para-hydroxylation sites is 2. The Kier molecular flexibility index (Phi) is 4.13. The number of hydrogen-bond donors (Lipinski definition) is 0. The molecule has 1 aromatic rings. The highest BCUT2D eigenvalue weighted by Gasteiger charge is 2.31. The summed E-state index contributed by atoms with van der Waals surface area (Å²) in [7, 11) is -1.70. The van der Waals surface area contributed by atoms with Crippen molar-refractivity contribution in [3.8, 4) is 5.75 Å². The molecule has 1 aliphatic rings. The van der Waals surface area contributed by atoms with Crippen LogP contribution in [0.15, 0.2) is 35.7 Å². The zero-order chi connectivity index (χ0) is 14.8. The van der Waals surface area contributed by atoms with Crippen LogP contribution in [0, 0.1) is 0 Å². The maximum absolute atomic E-state index is 12.2. The fourth-order valence-corrected chi connectivity index (χ4v) is 3.49. The summed E-state index contributed by atoms with van der Waals surface area (Å²) in [5.41, 5.74) is 0.591. The van der Waals surface area contributed by atoms with Crippen molar-refractivity contribution in [1.29, 1.82) is 0 Å². The van der Waals surface area contributed by atoms with Crippen molar-refractivity contribution in [2.45, 2.75) is 19.4 Å². The van der Waals surface area contributed by atoms with Crippen molar-refractivity contribution in [2.75, 3.05) is 17.8 Å². The zero-order valence-corrected chi connectivity index (χ0v) is 12.3. The number of ether oxygens (including phenoxy) is 1. The zero-order valence-electron chi connectivity index (χ0n) is 11.4. The predicted molar refractivity (Wildman–Crippen MR) is 77.5 cm³/mol. The minimum absolute atomic E-state index is 0.0865. The third kappa shape index (κ3) is 2.85. The van der Waals surface area contributed by atoms with E-state index in [4.69, 9.17) is 4.74 Å². The SMILES string of the molecule is CCC(=O)N(c1ccccc1OC)C1C=CS(=O)(=O)C1. The van der Waals surface area contributed by atoms with Crippen LogP contribution in [0.3, 0.4) is 0 Å². The second-order valence-electron chi connectivity index (χ2n) is 4.51. The van der Waals surface area contributed by atoms with Gasteiger partial charge in [0.2, 0.25) is 5.91 Å². The molecule has 1 atom stereocenters. The molecule has 1 aliphatic heterocycles. The molecule has 0 saturated heterocycles. The standard InChI is InChI=1S/C14H17NO4S/c1-3-14(16)15(11-8-9-20(17,18)10-11)12-6-4-5-7-13(12)19-2/h4-9,11H,3,10H2,1-2H3. The molecule has 1 heterocycles. The summed E-state index contributed by atoms with van der Waals surface area (Å²) in [6, 6.07) is 6.62. The van der Waals surface area contributed by atoms with E-state index in [9.17, 15) is 13.2 Å². The van der Waals surface area contributed by atoms with Gasteiger partial charge in [-0.25, -0.2) is 8.42 Å². The fourth-order valence-electron chi connectivity index (χ4n) is 2.22. The van der Waals surface area contributed by atoms with Crippen LogP contribution >= 0.6 is 0 Å². The molecule has 2 rings (SSSR count). The number of benzene rings is 1. The Labute approximate surface area is 118 Å². The lowest BCUT2D eigenvalue weighted by atomic mass is 10.2. The summed E-state index contributed by atoms with van der Waals surface area (Å²) in [4.78, 5) is 13.7. The third-order valence-corrected chi connectivity index (χ3v) is 4.54. The highest BCUT2D eigenvalue weighted by molar-refractivity contribution is 7.94. The Bertz CT molecular complexity index is 636. The van der Waals surface area contributed by atoms with Gasteiger partial charge >= 0.3 is 0 Å². The number of amides is 1. The number of carbonyl (C=O) groups is 1. The molecule has 0 bridgehead atoms. The van der Waals surface area contributed by atoms with Gasteiger partial charge in [0.1, 0.15) is 5.75 Å². The van der Waals surface area contributed by atoms with Gasteiger partial charge in [-0.1, -0.05) is 19.1 Å². The van der Waals surface area contributed by atoms with E-state index in [0.717, 1.165) is 0 Å². The van der Waals surface area contributed by atoms with Gasteiger partial charge < -0.3 is 9.64 Å². The second-order valence-corrected chi connectivity index (χ2v) is 6.45. The van der Waals surface area contributed by atoms with Crippen LogP contribution in [-0.4, -0.2) is 33.2 Å². The van der Waals surface area contributed by atoms with Gasteiger partial charge in [0.25, 0.3) is 0 Å². The van der Waals surface area contributed by atoms with Gasteiger partial charge in [-0.05, 0) is 18.2 Å². The maximum atomic E-state index is 12.2. The summed E-state index contributed by atoms with van der Waals surface area (Å²) >= 11 is 0. The van der Waals surface area contributed by atoms with E-state index < -0.39 is 15.9 Å². The molecule has 0 fully saturated rings. The lowest BCUT2D eigenvalue weighted by Crippen LogP contribution is -2.41. The van der Waals surface area contributed by atoms with E-state index in [1.807, 2.05) is 0 Å². The van der Waals surface area contributed by atoms with E-state index in [1.54, 1.807) is 37.3 Å². The number of rotatable bonds is 4. The van der Waals surface area contributed by atoms with E-state index in [2.05, 4.69) is 0 Å². The minimum Gasteiger partial charge on any atom is -0.495 e. The monoisotopic (exact) mass is 295 g/mol. The molecular weight excluding hydrogens is 278 g/mol. The molecular formula is C14H17NO4S. The highest BCUT2D eigenvalue weighted by atomic mass is 32.2. The summed E-state index contributed by atoms with van der Waals surface area (Å²) in [5, 5.41) is 1.17. The van der Waals surface area contributed by atoms with Crippen molar-refractivity contribution >= 4 is 21.4 Å². The summed E-state index contributed by atoms with van der Waals surface area (Å²) in [5.74, 6) is 0.324. The average Bonchev–Trinajstić information content (AvgIpc) is 2.79. The van der Waals surface area contributed by atoms with E-state index in [1.165, 1.54) is 17.4 Å². The molecule has 6 heteroatoms. The summed E-state index contributed by atoms with van der Waals surface area (Å²) < 4.78 is 28.4. The largest absolute Gasteiger partial charge is 0.495 e. The summed E-state index contributed by atoms with van der Waals surface area (Å²) in [6.07, 6.45) is 1.85. The smallest absolute Gasteiger partial charge is 0.227 e. The van der Waals surface area contributed by atoms with Crippen LogP contribution < -0.4 is 9.64 Å². The molecule has 108 valence electrons. The average molecular weight is 295 g/mol. The minimum atomic E-state index is -3.23. The number of nitrogens with zero attached hydrogens (tertiary/aromatic N) is 1. The molecule has 1 aromatic carbocycles. The Morgan fingerprint density at radius 3 is 2.65 bits per heavy atom. The molecule has 1 unspecified atom stereocenters. The Balaban J connectivity index is 2.44. The second kappa shape index (κ2) is 5.66. The van der Waals surface area contributed by atoms with Crippen molar-refractivity contribution in [2.24, 2.45) is 0 Å². The fraction of sp³-hybridized carbons (Fsp3) is 0.357. The quantitative estimate of drug-likeness (QED) is 0.849. The lowest BCUT2D eigenvalue weighted by molar-refractivity contribution is -0.118. The Morgan fingerprint density at radius 2 is 2.10 bits per heavy atom. The van der Waals surface area contributed by atoms with Crippen LogP contribution in [-0.2, 0) is 14.6 Å². The first-order valence-electron chi connectivity index (χ1n) is 6.34. The van der Waals surface area contributed by atoms with Crippen molar-refractivity contribution in [3.05, 3.63) is 35.7 Å². The predicted octanol–water partition coefficient (Wildman–Crippen LogP) is 1.75. The van der Waals surface area contributed by atoms with Crippen LogP contribution in [0.5, 0.6) is 5.75 Å². The number of carbonyl (C=O) groups excluding carboxylic acids is 1. The molecule has 0 saturated carbocycles.